The molecule has 0 aliphatic heterocycles. The molecule has 0 aromatic heterocycles. The van der Waals surface area contributed by atoms with Gasteiger partial charge in [-0.1, -0.05) is 0 Å². The first-order chi connectivity index (χ1) is 4.70. The summed E-state index contributed by atoms with van der Waals surface area (Å²) in [6.45, 7) is 2.03. The van der Waals surface area contributed by atoms with Gasteiger partial charge in [-0.2, -0.15) is 0 Å². The van der Waals surface area contributed by atoms with Gasteiger partial charge in [-0.05, 0) is 0 Å². The van der Waals surface area contributed by atoms with Gasteiger partial charge in [-0.25, -0.2) is 0 Å². The van der Waals surface area contributed by atoms with Crippen LogP contribution in [0.4, 0.5) is 0 Å². The van der Waals surface area contributed by atoms with Gasteiger partial charge in [0.1, 0.15) is 0 Å². The van der Waals surface area contributed by atoms with Crippen LogP contribution in [0.3, 0.4) is 0 Å². The van der Waals surface area contributed by atoms with E-state index < -0.39 is 0 Å². The van der Waals surface area contributed by atoms with Crippen LogP contribution in [-0.2, 0) is 0 Å². The Morgan fingerprint density at radius 3 is 2.20 bits per heavy atom. The SMILES string of the molecule is Cc1ccc(C(=N)[Se])cc1. The summed E-state index contributed by atoms with van der Waals surface area (Å²) in [5.74, 6) is 0. The molecule has 1 aromatic carbocycles. The van der Waals surface area contributed by atoms with E-state index in [-0.39, 0.29) is 0 Å². The van der Waals surface area contributed by atoms with E-state index in [0.717, 1.165) is 5.56 Å². The maximum absolute atomic E-state index is 7.25. The Kier molecular flexibility index (Phi) is 2.25. The number of hydrogen-bond acceptors (Lipinski definition) is 1. The molecule has 2 heteroatoms. The van der Waals surface area contributed by atoms with E-state index in [1.54, 1.807) is 0 Å². The fourth-order valence-electron chi connectivity index (χ4n) is 0.705. The first-order valence-corrected chi connectivity index (χ1v) is 3.88. The second kappa shape index (κ2) is 3.00. The molecule has 0 amide bonds. The van der Waals surface area contributed by atoms with Gasteiger partial charge in [0.15, 0.2) is 0 Å². The summed E-state index contributed by atoms with van der Waals surface area (Å²) in [5.41, 5.74) is 2.18. The average Bonchev–Trinajstić information content (AvgIpc) is 1.88. The molecular weight excluding hydrogens is 189 g/mol. The van der Waals surface area contributed by atoms with Crippen LogP contribution in [0.1, 0.15) is 11.1 Å². The van der Waals surface area contributed by atoms with Crippen molar-refractivity contribution in [2.45, 2.75) is 6.92 Å². The minimum atomic E-state index is 0.500. The Labute approximate surface area is 68.8 Å². The molecular formula is C8H8NSe. The summed E-state index contributed by atoms with van der Waals surface area (Å²) in [6.07, 6.45) is 0. The first kappa shape index (κ1) is 7.52. The molecule has 0 spiro atoms. The van der Waals surface area contributed by atoms with E-state index >= 15 is 0 Å². The van der Waals surface area contributed by atoms with Crippen molar-refractivity contribution in [1.29, 1.82) is 5.41 Å². The van der Waals surface area contributed by atoms with Crippen molar-refractivity contribution < 1.29 is 0 Å². The van der Waals surface area contributed by atoms with Gasteiger partial charge >= 0.3 is 68.3 Å². The normalized spacial score (nSPS) is 9.30. The minimum absolute atomic E-state index is 0.500. The molecule has 0 aliphatic carbocycles. The maximum atomic E-state index is 7.25. The molecule has 0 bridgehead atoms. The molecule has 10 heavy (non-hydrogen) atoms. The van der Waals surface area contributed by atoms with Crippen LogP contribution in [-0.4, -0.2) is 20.6 Å². The van der Waals surface area contributed by atoms with E-state index in [9.17, 15) is 0 Å². The molecule has 0 fully saturated rings. The van der Waals surface area contributed by atoms with Gasteiger partial charge in [0.2, 0.25) is 0 Å². The van der Waals surface area contributed by atoms with Crippen molar-refractivity contribution in [1.82, 2.24) is 0 Å². The molecule has 0 saturated heterocycles. The Balaban J connectivity index is 3.00. The van der Waals surface area contributed by atoms with Gasteiger partial charge in [-0.15, -0.1) is 0 Å². The number of nitrogens with one attached hydrogen (secondary N) is 1. The quantitative estimate of drug-likeness (QED) is 0.521. The van der Waals surface area contributed by atoms with Crippen molar-refractivity contribution in [2.75, 3.05) is 0 Å². The Bertz CT molecular complexity index is 238. The standard InChI is InChI=1S/C8H8NSe/c1-6-2-4-7(5-3-6)8(9)10/h2-5,9H,1H3. The van der Waals surface area contributed by atoms with Crippen molar-refractivity contribution >= 4 is 20.6 Å². The Morgan fingerprint density at radius 1 is 1.30 bits per heavy atom. The molecule has 1 rings (SSSR count). The predicted molar refractivity (Wildman–Crippen MR) is 43.8 cm³/mol. The zero-order chi connectivity index (χ0) is 7.56. The van der Waals surface area contributed by atoms with E-state index in [1.165, 1.54) is 5.56 Å². The van der Waals surface area contributed by atoms with E-state index in [4.69, 9.17) is 5.41 Å². The summed E-state index contributed by atoms with van der Waals surface area (Å²) in [7, 11) is 0. The molecule has 1 aromatic rings. The zero-order valence-electron chi connectivity index (χ0n) is 5.72. The van der Waals surface area contributed by atoms with Crippen LogP contribution < -0.4 is 0 Å². The van der Waals surface area contributed by atoms with Crippen LogP contribution in [0.2, 0.25) is 0 Å². The summed E-state index contributed by atoms with van der Waals surface area (Å²) in [5, 5.41) is 7.25. The molecule has 1 N–H and O–H groups in total. The first-order valence-electron chi connectivity index (χ1n) is 3.03. The molecule has 0 heterocycles. The third kappa shape index (κ3) is 1.69. The third-order valence-corrected chi connectivity index (χ3v) is 1.81. The monoisotopic (exact) mass is 198 g/mol. The van der Waals surface area contributed by atoms with Crippen molar-refractivity contribution in [2.24, 2.45) is 0 Å². The fraction of sp³-hybridized carbons (Fsp3) is 0.125. The molecule has 51 valence electrons. The van der Waals surface area contributed by atoms with Gasteiger partial charge < -0.3 is 0 Å². The topological polar surface area (TPSA) is 23.9 Å². The van der Waals surface area contributed by atoms with Gasteiger partial charge in [-0.3, -0.25) is 0 Å². The summed E-state index contributed by atoms with van der Waals surface area (Å²) in [6, 6.07) is 7.88. The fourth-order valence-corrected chi connectivity index (χ4v) is 0.990. The predicted octanol–water partition coefficient (Wildman–Crippen LogP) is 1.49. The molecule has 1 nitrogen and oxygen atoms in total. The van der Waals surface area contributed by atoms with E-state index in [1.807, 2.05) is 31.2 Å². The van der Waals surface area contributed by atoms with Crippen molar-refractivity contribution in [3.05, 3.63) is 35.4 Å². The molecule has 1 radical (unpaired) electrons. The summed E-state index contributed by atoms with van der Waals surface area (Å²) < 4.78 is 0.500. The van der Waals surface area contributed by atoms with Gasteiger partial charge in [0.05, 0.1) is 0 Å². The van der Waals surface area contributed by atoms with Gasteiger partial charge in [0, 0.05) is 0 Å². The van der Waals surface area contributed by atoms with Crippen LogP contribution in [0.15, 0.2) is 24.3 Å². The van der Waals surface area contributed by atoms with Crippen LogP contribution in [0.25, 0.3) is 0 Å². The number of benzene rings is 1. The second-order valence-electron chi connectivity index (χ2n) is 2.20. The summed E-state index contributed by atoms with van der Waals surface area (Å²) in [4.78, 5) is 0. The number of rotatable bonds is 1. The van der Waals surface area contributed by atoms with Crippen LogP contribution in [0, 0.1) is 12.3 Å². The van der Waals surface area contributed by atoms with Crippen molar-refractivity contribution in [3.63, 3.8) is 0 Å². The molecule has 0 saturated carbocycles. The van der Waals surface area contributed by atoms with E-state index in [0.29, 0.717) is 4.61 Å². The Morgan fingerprint density at radius 2 is 1.80 bits per heavy atom. The third-order valence-electron chi connectivity index (χ3n) is 1.31. The number of aryl methyl sites for hydroxylation is 1. The average molecular weight is 197 g/mol. The van der Waals surface area contributed by atoms with Crippen LogP contribution >= 0.6 is 0 Å². The van der Waals surface area contributed by atoms with Gasteiger partial charge in [0.25, 0.3) is 0 Å². The molecule has 0 aliphatic rings. The van der Waals surface area contributed by atoms with Crippen molar-refractivity contribution in [3.8, 4) is 0 Å². The zero-order valence-corrected chi connectivity index (χ0v) is 7.43. The van der Waals surface area contributed by atoms with E-state index in [2.05, 4.69) is 16.0 Å². The van der Waals surface area contributed by atoms with Crippen LogP contribution in [0.5, 0.6) is 0 Å². The number of hydrogen-bond donors (Lipinski definition) is 1. The Hall–Kier alpha value is -0.591. The molecule has 0 atom stereocenters. The molecule has 0 unspecified atom stereocenters. The summed E-state index contributed by atoms with van der Waals surface area (Å²) >= 11 is 2.66. The second-order valence-corrected chi connectivity index (χ2v) is 3.05.